The van der Waals surface area contributed by atoms with Gasteiger partial charge < -0.3 is 5.32 Å². The summed E-state index contributed by atoms with van der Waals surface area (Å²) in [6.07, 6.45) is 0. The summed E-state index contributed by atoms with van der Waals surface area (Å²) in [5.41, 5.74) is 1.70. The summed E-state index contributed by atoms with van der Waals surface area (Å²) < 4.78 is 1.51. The van der Waals surface area contributed by atoms with Crippen molar-refractivity contribution in [2.45, 2.75) is 17.3 Å². The van der Waals surface area contributed by atoms with Crippen molar-refractivity contribution in [3.63, 3.8) is 0 Å². The number of thiophene rings is 1. The molecule has 0 saturated heterocycles. The van der Waals surface area contributed by atoms with Crippen molar-refractivity contribution in [3.05, 3.63) is 77.1 Å². The summed E-state index contributed by atoms with van der Waals surface area (Å²) >= 11 is 2.77. The predicted molar refractivity (Wildman–Crippen MR) is 121 cm³/mol. The number of anilines is 1. The second-order valence-corrected chi connectivity index (χ2v) is 8.91. The van der Waals surface area contributed by atoms with E-state index < -0.39 is 5.25 Å². The Labute approximate surface area is 176 Å². The van der Waals surface area contributed by atoms with Crippen molar-refractivity contribution in [3.8, 4) is 10.4 Å². The number of para-hydroxylation sites is 1. The van der Waals surface area contributed by atoms with E-state index in [4.69, 9.17) is 0 Å². The van der Waals surface area contributed by atoms with Crippen molar-refractivity contribution >= 4 is 44.9 Å². The molecule has 0 aliphatic heterocycles. The van der Waals surface area contributed by atoms with Crippen molar-refractivity contribution < 1.29 is 4.79 Å². The van der Waals surface area contributed by atoms with E-state index in [-0.39, 0.29) is 11.5 Å². The van der Waals surface area contributed by atoms with Crippen LogP contribution in [0.3, 0.4) is 0 Å². The number of nitrogens with one attached hydrogen (secondary N) is 1. The highest BCUT2D eigenvalue weighted by atomic mass is 32.2. The Hall–Kier alpha value is -2.90. The smallest absolute Gasteiger partial charge is 0.262 e. The third-order valence-electron chi connectivity index (χ3n) is 4.48. The summed E-state index contributed by atoms with van der Waals surface area (Å²) in [4.78, 5) is 31.7. The number of benzene rings is 2. The van der Waals surface area contributed by atoms with Crippen LogP contribution >= 0.6 is 23.1 Å². The van der Waals surface area contributed by atoms with E-state index in [0.29, 0.717) is 15.4 Å². The van der Waals surface area contributed by atoms with Crippen LogP contribution < -0.4 is 10.9 Å². The molecule has 5 nitrogen and oxygen atoms in total. The van der Waals surface area contributed by atoms with Gasteiger partial charge in [0.2, 0.25) is 5.91 Å². The van der Waals surface area contributed by atoms with Crippen molar-refractivity contribution in [2.75, 3.05) is 5.32 Å². The van der Waals surface area contributed by atoms with E-state index in [1.807, 2.05) is 73.7 Å². The zero-order chi connectivity index (χ0) is 20.4. The number of amides is 1. The normalized spacial score (nSPS) is 12.1. The van der Waals surface area contributed by atoms with Crippen LogP contribution in [0.2, 0.25) is 0 Å². The lowest BCUT2D eigenvalue weighted by Crippen LogP contribution is -2.25. The van der Waals surface area contributed by atoms with Crippen LogP contribution in [0.5, 0.6) is 0 Å². The Bertz CT molecular complexity index is 1220. The van der Waals surface area contributed by atoms with Gasteiger partial charge in [-0.3, -0.25) is 14.2 Å². The van der Waals surface area contributed by atoms with Gasteiger partial charge in [0.1, 0.15) is 4.83 Å². The molecule has 4 rings (SSSR count). The number of aromatic nitrogens is 2. The van der Waals surface area contributed by atoms with Crippen molar-refractivity contribution in [1.29, 1.82) is 0 Å². The number of fused-ring (bicyclic) bond motifs is 1. The zero-order valence-electron chi connectivity index (χ0n) is 16.0. The minimum Gasteiger partial charge on any atom is -0.325 e. The Balaban J connectivity index is 1.61. The maximum Gasteiger partial charge on any atom is 0.262 e. The van der Waals surface area contributed by atoms with Gasteiger partial charge in [-0.15, -0.1) is 11.3 Å². The van der Waals surface area contributed by atoms with Gasteiger partial charge in [0, 0.05) is 17.6 Å². The lowest BCUT2D eigenvalue weighted by molar-refractivity contribution is -0.115. The van der Waals surface area contributed by atoms with Crippen LogP contribution in [0.25, 0.3) is 20.7 Å². The van der Waals surface area contributed by atoms with Gasteiger partial charge in [-0.25, -0.2) is 4.98 Å². The summed E-state index contributed by atoms with van der Waals surface area (Å²) in [5.74, 6) is -0.133. The highest BCUT2D eigenvalue weighted by Crippen LogP contribution is 2.32. The van der Waals surface area contributed by atoms with E-state index in [2.05, 4.69) is 10.3 Å². The molecule has 1 atom stereocenters. The molecule has 0 spiro atoms. The quantitative estimate of drug-likeness (QED) is 0.372. The Kier molecular flexibility index (Phi) is 5.51. The molecule has 0 aliphatic rings. The summed E-state index contributed by atoms with van der Waals surface area (Å²) in [6.45, 7) is 1.81. The maximum absolute atomic E-state index is 12.9. The minimum absolute atomic E-state index is 0.105. The first-order chi connectivity index (χ1) is 14.0. The number of thioether (sulfide) groups is 1. The molecule has 0 fully saturated rings. The predicted octanol–water partition coefficient (Wildman–Crippen LogP) is 4.78. The van der Waals surface area contributed by atoms with E-state index in [0.717, 1.165) is 16.1 Å². The van der Waals surface area contributed by atoms with Gasteiger partial charge in [0.25, 0.3) is 5.56 Å². The number of rotatable bonds is 5. The Morgan fingerprint density at radius 3 is 2.45 bits per heavy atom. The highest BCUT2D eigenvalue weighted by Gasteiger charge is 2.19. The molecule has 0 saturated carbocycles. The third-order valence-corrected chi connectivity index (χ3v) is 6.70. The summed E-state index contributed by atoms with van der Waals surface area (Å²) in [6, 6.07) is 21.1. The summed E-state index contributed by atoms with van der Waals surface area (Å²) in [7, 11) is 1.69. The highest BCUT2D eigenvalue weighted by molar-refractivity contribution is 8.00. The molecule has 2 heterocycles. The Morgan fingerprint density at radius 1 is 1.10 bits per heavy atom. The SMILES string of the molecule is CC(Sc1nc2sc(-c3ccccc3)cc2c(=O)n1C)C(=O)Nc1ccccc1. The number of hydrogen-bond acceptors (Lipinski definition) is 5. The standard InChI is InChI=1S/C22H19N3O2S2/c1-14(19(26)23-16-11-7-4-8-12-16)28-22-24-20-17(21(27)25(22)2)13-18(29-20)15-9-5-3-6-10-15/h3-14H,1-2H3,(H,23,26). The molecule has 4 aromatic rings. The lowest BCUT2D eigenvalue weighted by atomic mass is 10.2. The summed E-state index contributed by atoms with van der Waals surface area (Å²) in [5, 5.41) is 3.61. The van der Waals surface area contributed by atoms with Crippen molar-refractivity contribution in [2.24, 2.45) is 7.05 Å². The first-order valence-electron chi connectivity index (χ1n) is 9.11. The van der Waals surface area contributed by atoms with Gasteiger partial charge >= 0.3 is 0 Å². The molecule has 1 unspecified atom stereocenters. The van der Waals surface area contributed by atoms with Crippen LogP contribution in [-0.4, -0.2) is 20.7 Å². The maximum atomic E-state index is 12.9. The molecular weight excluding hydrogens is 402 g/mol. The fourth-order valence-electron chi connectivity index (χ4n) is 2.87. The molecule has 1 N–H and O–H groups in total. The van der Waals surface area contributed by atoms with Crippen molar-refractivity contribution in [1.82, 2.24) is 9.55 Å². The number of nitrogens with zero attached hydrogens (tertiary/aromatic N) is 2. The third kappa shape index (κ3) is 4.11. The molecule has 0 aliphatic carbocycles. The van der Waals surface area contributed by atoms with Gasteiger partial charge in [-0.05, 0) is 30.7 Å². The van der Waals surface area contributed by atoms with Gasteiger partial charge in [0.05, 0.1) is 10.6 Å². The fourth-order valence-corrected chi connectivity index (χ4v) is 4.83. The lowest BCUT2D eigenvalue weighted by Gasteiger charge is -2.13. The molecular formula is C22H19N3O2S2. The fraction of sp³-hybridized carbons (Fsp3) is 0.136. The Morgan fingerprint density at radius 2 is 1.76 bits per heavy atom. The van der Waals surface area contributed by atoms with Gasteiger partial charge in [0.15, 0.2) is 5.16 Å². The second kappa shape index (κ2) is 8.23. The van der Waals surface area contributed by atoms with Crippen LogP contribution in [0.1, 0.15) is 6.92 Å². The molecule has 29 heavy (non-hydrogen) atoms. The number of hydrogen-bond donors (Lipinski definition) is 1. The molecule has 146 valence electrons. The van der Waals surface area contributed by atoms with E-state index in [1.165, 1.54) is 27.7 Å². The van der Waals surface area contributed by atoms with E-state index in [9.17, 15) is 9.59 Å². The largest absolute Gasteiger partial charge is 0.325 e. The monoisotopic (exact) mass is 421 g/mol. The molecule has 0 radical (unpaired) electrons. The molecule has 7 heteroatoms. The van der Waals surface area contributed by atoms with Crippen LogP contribution in [-0.2, 0) is 11.8 Å². The van der Waals surface area contributed by atoms with E-state index in [1.54, 1.807) is 7.05 Å². The first kappa shape index (κ1) is 19.4. The first-order valence-corrected chi connectivity index (χ1v) is 10.8. The average Bonchev–Trinajstić information content (AvgIpc) is 3.17. The second-order valence-electron chi connectivity index (χ2n) is 6.57. The topological polar surface area (TPSA) is 64.0 Å². The number of carbonyl (C=O) groups is 1. The molecule has 2 aromatic carbocycles. The van der Waals surface area contributed by atoms with Crippen LogP contribution in [0, 0.1) is 0 Å². The van der Waals surface area contributed by atoms with E-state index >= 15 is 0 Å². The van der Waals surface area contributed by atoms with Crippen LogP contribution in [0.4, 0.5) is 5.69 Å². The van der Waals surface area contributed by atoms with Crippen LogP contribution in [0.15, 0.2) is 76.7 Å². The average molecular weight is 422 g/mol. The zero-order valence-corrected chi connectivity index (χ0v) is 17.6. The molecule has 2 aromatic heterocycles. The van der Waals surface area contributed by atoms with Gasteiger partial charge in [-0.1, -0.05) is 60.3 Å². The number of carbonyl (C=O) groups excluding carboxylic acids is 1. The minimum atomic E-state index is -0.403. The molecule has 1 amide bonds. The molecule has 0 bridgehead atoms. The van der Waals surface area contributed by atoms with Gasteiger partial charge in [-0.2, -0.15) is 0 Å².